The summed E-state index contributed by atoms with van der Waals surface area (Å²) >= 11 is 0. The first-order chi connectivity index (χ1) is 7.37. The van der Waals surface area contributed by atoms with Gasteiger partial charge in [0.25, 0.3) is 0 Å². The molecule has 0 saturated carbocycles. The largest absolute Gasteiger partial charge is 0.394 e. The van der Waals surface area contributed by atoms with Crippen LogP contribution in [0.3, 0.4) is 0 Å². The first kappa shape index (κ1) is 13.4. The van der Waals surface area contributed by atoms with Crippen molar-refractivity contribution in [3.63, 3.8) is 0 Å². The lowest BCUT2D eigenvalue weighted by atomic mass is 10.1. The van der Waals surface area contributed by atoms with E-state index < -0.39 is 16.1 Å². The zero-order chi connectivity index (χ0) is 12.3. The molecule has 16 heavy (non-hydrogen) atoms. The standard InChI is InChI=1S/C8H16N2O5S/c9-16(14,15)5-6-1-8(13)10(2-6)7(3-11)4-12/h6-7,11-12H,1-5H2,(H2,9,14,15). The van der Waals surface area contributed by atoms with Crippen LogP contribution in [0.15, 0.2) is 0 Å². The number of aliphatic hydroxyl groups excluding tert-OH is 2. The summed E-state index contributed by atoms with van der Waals surface area (Å²) in [5.41, 5.74) is 0. The summed E-state index contributed by atoms with van der Waals surface area (Å²) < 4.78 is 21.7. The van der Waals surface area contributed by atoms with Crippen molar-refractivity contribution in [1.82, 2.24) is 4.90 Å². The maximum atomic E-state index is 11.5. The Labute approximate surface area is 93.9 Å². The van der Waals surface area contributed by atoms with Crippen molar-refractivity contribution in [2.45, 2.75) is 12.5 Å². The summed E-state index contributed by atoms with van der Waals surface area (Å²) in [7, 11) is -3.60. The Morgan fingerprint density at radius 2 is 2.00 bits per heavy atom. The van der Waals surface area contributed by atoms with Gasteiger partial charge in [-0.1, -0.05) is 0 Å². The fourth-order valence-electron chi connectivity index (χ4n) is 1.86. The number of likely N-dealkylation sites (tertiary alicyclic amines) is 1. The van der Waals surface area contributed by atoms with E-state index in [0.717, 1.165) is 0 Å². The van der Waals surface area contributed by atoms with Crippen molar-refractivity contribution >= 4 is 15.9 Å². The lowest BCUT2D eigenvalue weighted by molar-refractivity contribution is -0.131. The fraction of sp³-hybridized carbons (Fsp3) is 0.875. The molecule has 0 aromatic rings. The van der Waals surface area contributed by atoms with Gasteiger partial charge < -0.3 is 15.1 Å². The van der Waals surface area contributed by atoms with Crippen LogP contribution in [0.4, 0.5) is 0 Å². The van der Waals surface area contributed by atoms with E-state index in [-0.39, 0.29) is 43.8 Å². The molecule has 1 unspecified atom stereocenters. The Balaban J connectivity index is 2.63. The monoisotopic (exact) mass is 252 g/mol. The number of carbonyl (C=O) groups excluding carboxylic acids is 1. The van der Waals surface area contributed by atoms with Crippen LogP contribution >= 0.6 is 0 Å². The highest BCUT2D eigenvalue weighted by atomic mass is 32.2. The number of rotatable bonds is 5. The third kappa shape index (κ3) is 3.41. The second kappa shape index (κ2) is 5.09. The summed E-state index contributed by atoms with van der Waals surface area (Å²) in [5, 5.41) is 22.7. The van der Waals surface area contributed by atoms with Crippen LogP contribution in [-0.4, -0.2) is 61.0 Å². The van der Waals surface area contributed by atoms with E-state index in [1.165, 1.54) is 4.90 Å². The van der Waals surface area contributed by atoms with Gasteiger partial charge in [-0.05, 0) is 0 Å². The topological polar surface area (TPSA) is 121 Å². The van der Waals surface area contributed by atoms with Crippen molar-refractivity contribution in [2.75, 3.05) is 25.5 Å². The summed E-state index contributed by atoms with van der Waals surface area (Å²) in [6.07, 6.45) is 0.0902. The highest BCUT2D eigenvalue weighted by molar-refractivity contribution is 7.89. The van der Waals surface area contributed by atoms with Gasteiger partial charge in [0.2, 0.25) is 15.9 Å². The van der Waals surface area contributed by atoms with E-state index in [1.54, 1.807) is 0 Å². The minimum Gasteiger partial charge on any atom is -0.394 e. The van der Waals surface area contributed by atoms with Gasteiger partial charge in [0.15, 0.2) is 0 Å². The number of nitrogens with two attached hydrogens (primary N) is 1. The van der Waals surface area contributed by atoms with Crippen LogP contribution < -0.4 is 5.14 Å². The molecule has 1 aliphatic rings. The lowest BCUT2D eigenvalue weighted by Gasteiger charge is -2.24. The van der Waals surface area contributed by atoms with Gasteiger partial charge in [-0.3, -0.25) is 4.79 Å². The Morgan fingerprint density at radius 3 is 2.44 bits per heavy atom. The summed E-state index contributed by atoms with van der Waals surface area (Å²) in [4.78, 5) is 12.8. The highest BCUT2D eigenvalue weighted by Crippen LogP contribution is 2.20. The van der Waals surface area contributed by atoms with Crippen LogP contribution in [0.1, 0.15) is 6.42 Å². The fourth-order valence-corrected chi connectivity index (χ4v) is 2.74. The van der Waals surface area contributed by atoms with Crippen LogP contribution in [0.2, 0.25) is 0 Å². The molecule has 1 fully saturated rings. The molecule has 1 amide bonds. The smallest absolute Gasteiger partial charge is 0.223 e. The summed E-state index contributed by atoms with van der Waals surface area (Å²) in [6.45, 7) is -0.476. The molecule has 0 aromatic heterocycles. The van der Waals surface area contributed by atoms with Gasteiger partial charge in [-0.2, -0.15) is 0 Å². The molecule has 0 radical (unpaired) electrons. The lowest BCUT2D eigenvalue weighted by Crippen LogP contribution is -2.42. The van der Waals surface area contributed by atoms with E-state index in [4.69, 9.17) is 15.4 Å². The maximum absolute atomic E-state index is 11.5. The van der Waals surface area contributed by atoms with Crippen molar-refractivity contribution in [1.29, 1.82) is 0 Å². The minimum atomic E-state index is -3.60. The minimum absolute atomic E-state index is 0.0902. The van der Waals surface area contributed by atoms with E-state index in [9.17, 15) is 13.2 Å². The molecule has 4 N–H and O–H groups in total. The molecule has 7 nitrogen and oxygen atoms in total. The van der Waals surface area contributed by atoms with Crippen molar-refractivity contribution in [2.24, 2.45) is 11.1 Å². The molecule has 8 heteroatoms. The third-order valence-corrected chi connectivity index (χ3v) is 3.50. The molecule has 1 saturated heterocycles. The third-order valence-electron chi connectivity index (χ3n) is 2.57. The predicted octanol–water partition coefficient (Wildman–Crippen LogP) is -2.52. The molecule has 1 atom stereocenters. The van der Waals surface area contributed by atoms with E-state index in [1.807, 2.05) is 0 Å². The number of primary sulfonamides is 1. The second-order valence-corrected chi connectivity index (χ2v) is 5.62. The van der Waals surface area contributed by atoms with Crippen LogP contribution in [0.5, 0.6) is 0 Å². The van der Waals surface area contributed by atoms with Crippen LogP contribution in [0.25, 0.3) is 0 Å². The molecule has 0 aliphatic carbocycles. The average molecular weight is 252 g/mol. The number of aliphatic hydroxyl groups is 2. The second-order valence-electron chi connectivity index (χ2n) is 3.96. The molecule has 0 aromatic carbocycles. The zero-order valence-corrected chi connectivity index (χ0v) is 9.56. The van der Waals surface area contributed by atoms with Crippen molar-refractivity contribution in [3.8, 4) is 0 Å². The van der Waals surface area contributed by atoms with Gasteiger partial charge >= 0.3 is 0 Å². The molecular weight excluding hydrogens is 236 g/mol. The molecule has 1 rings (SSSR count). The molecular formula is C8H16N2O5S. The number of carbonyl (C=O) groups is 1. The van der Waals surface area contributed by atoms with Crippen molar-refractivity contribution < 1.29 is 23.4 Å². The Bertz CT molecular complexity index is 351. The Hall–Kier alpha value is -0.700. The van der Waals surface area contributed by atoms with E-state index in [2.05, 4.69) is 0 Å². The molecule has 0 spiro atoms. The molecule has 0 bridgehead atoms. The van der Waals surface area contributed by atoms with Gasteiger partial charge in [0.1, 0.15) is 0 Å². The summed E-state index contributed by atoms with van der Waals surface area (Å²) in [5.74, 6) is -0.872. The summed E-state index contributed by atoms with van der Waals surface area (Å²) in [6, 6.07) is -0.655. The molecule has 94 valence electrons. The maximum Gasteiger partial charge on any atom is 0.223 e. The molecule has 1 aliphatic heterocycles. The van der Waals surface area contributed by atoms with Gasteiger partial charge in [-0.15, -0.1) is 0 Å². The normalized spacial score (nSPS) is 22.1. The number of hydrogen-bond acceptors (Lipinski definition) is 5. The first-order valence-electron chi connectivity index (χ1n) is 4.89. The molecule has 1 heterocycles. The average Bonchev–Trinajstić information content (AvgIpc) is 2.46. The van der Waals surface area contributed by atoms with Crippen LogP contribution in [0, 0.1) is 5.92 Å². The van der Waals surface area contributed by atoms with Crippen molar-refractivity contribution in [3.05, 3.63) is 0 Å². The first-order valence-corrected chi connectivity index (χ1v) is 6.60. The Morgan fingerprint density at radius 1 is 1.44 bits per heavy atom. The SMILES string of the molecule is NS(=O)(=O)CC1CC(=O)N(C(CO)CO)C1. The number of hydrogen-bond donors (Lipinski definition) is 3. The van der Waals surface area contributed by atoms with E-state index in [0.29, 0.717) is 0 Å². The number of amides is 1. The zero-order valence-electron chi connectivity index (χ0n) is 8.74. The highest BCUT2D eigenvalue weighted by Gasteiger charge is 2.35. The number of sulfonamides is 1. The van der Waals surface area contributed by atoms with Gasteiger partial charge in [0, 0.05) is 18.9 Å². The van der Waals surface area contributed by atoms with Gasteiger partial charge in [-0.25, -0.2) is 13.6 Å². The van der Waals surface area contributed by atoms with Crippen LogP contribution in [-0.2, 0) is 14.8 Å². The quantitative estimate of drug-likeness (QED) is 0.498. The van der Waals surface area contributed by atoms with Gasteiger partial charge in [0.05, 0.1) is 25.0 Å². The Kier molecular flexibility index (Phi) is 4.25. The predicted molar refractivity (Wildman–Crippen MR) is 55.8 cm³/mol. The van der Waals surface area contributed by atoms with E-state index >= 15 is 0 Å². The number of nitrogens with zero attached hydrogens (tertiary/aromatic N) is 1.